The summed E-state index contributed by atoms with van der Waals surface area (Å²) in [5.74, 6) is 2.42. The van der Waals surface area contributed by atoms with Gasteiger partial charge in [0.05, 0.1) is 5.69 Å². The van der Waals surface area contributed by atoms with Crippen molar-refractivity contribution in [3.05, 3.63) is 28.8 Å². The van der Waals surface area contributed by atoms with Crippen LogP contribution in [0.5, 0.6) is 0 Å². The number of aromatic nitrogens is 5. The fraction of sp³-hybridized carbons (Fsp3) is 0.667. The second-order valence-corrected chi connectivity index (χ2v) is 6.36. The lowest BCUT2D eigenvalue weighted by Crippen LogP contribution is -2.34. The number of aromatic amines is 2. The summed E-state index contributed by atoms with van der Waals surface area (Å²) < 4.78 is 0. The zero-order valence-corrected chi connectivity index (χ0v) is 13.7. The largest absolute Gasteiger partial charge is 0.344 e. The van der Waals surface area contributed by atoms with Crippen molar-refractivity contribution >= 4 is 11.6 Å². The monoisotopic (exact) mass is 322 g/mol. The minimum atomic E-state index is 0.428. The van der Waals surface area contributed by atoms with Crippen LogP contribution in [0.2, 0.25) is 5.15 Å². The van der Waals surface area contributed by atoms with Gasteiger partial charge < -0.3 is 4.98 Å². The van der Waals surface area contributed by atoms with Crippen LogP contribution in [0.25, 0.3) is 0 Å². The van der Waals surface area contributed by atoms with Crippen LogP contribution in [0.4, 0.5) is 0 Å². The molecule has 2 aromatic rings. The van der Waals surface area contributed by atoms with Gasteiger partial charge in [0.15, 0.2) is 5.15 Å². The Morgan fingerprint density at radius 3 is 3.14 bits per heavy atom. The summed E-state index contributed by atoms with van der Waals surface area (Å²) in [5, 5.41) is 7.57. The van der Waals surface area contributed by atoms with Crippen molar-refractivity contribution in [2.75, 3.05) is 13.1 Å². The average molecular weight is 323 g/mol. The van der Waals surface area contributed by atoms with Crippen molar-refractivity contribution in [1.82, 2.24) is 30.0 Å². The molecule has 0 radical (unpaired) electrons. The quantitative estimate of drug-likeness (QED) is 0.857. The number of nitrogens with zero attached hydrogens (tertiary/aromatic N) is 4. The second kappa shape index (κ2) is 7.24. The van der Waals surface area contributed by atoms with E-state index in [0.29, 0.717) is 11.1 Å². The van der Waals surface area contributed by atoms with E-state index in [4.69, 9.17) is 11.6 Å². The van der Waals surface area contributed by atoms with Crippen LogP contribution in [-0.2, 0) is 13.0 Å². The molecule has 0 spiro atoms. The molecule has 0 amide bonds. The predicted molar refractivity (Wildman–Crippen MR) is 85.8 cm³/mol. The molecule has 1 unspecified atom stereocenters. The number of hydrogen-bond donors (Lipinski definition) is 2. The summed E-state index contributed by atoms with van der Waals surface area (Å²) in [6, 6.07) is 0. The smallest absolute Gasteiger partial charge is 0.151 e. The Morgan fingerprint density at radius 2 is 2.36 bits per heavy atom. The van der Waals surface area contributed by atoms with Gasteiger partial charge in [-0.25, -0.2) is 9.97 Å². The highest BCUT2D eigenvalue weighted by Crippen LogP contribution is 2.26. The summed E-state index contributed by atoms with van der Waals surface area (Å²) in [4.78, 5) is 14.5. The van der Waals surface area contributed by atoms with Gasteiger partial charge in [0.2, 0.25) is 0 Å². The van der Waals surface area contributed by atoms with Gasteiger partial charge >= 0.3 is 0 Å². The number of hydrogen-bond acceptors (Lipinski definition) is 4. The van der Waals surface area contributed by atoms with Crippen molar-refractivity contribution < 1.29 is 0 Å². The third-order valence-electron chi connectivity index (χ3n) is 4.25. The van der Waals surface area contributed by atoms with Gasteiger partial charge in [0.1, 0.15) is 18.0 Å². The Bertz CT molecular complexity index is 579. The Morgan fingerprint density at radius 1 is 1.45 bits per heavy atom. The van der Waals surface area contributed by atoms with E-state index in [9.17, 15) is 0 Å². The minimum Gasteiger partial charge on any atom is -0.344 e. The van der Waals surface area contributed by atoms with E-state index < -0.39 is 0 Å². The first kappa shape index (κ1) is 15.5. The predicted octanol–water partition coefficient (Wildman–Crippen LogP) is 2.90. The Kier molecular flexibility index (Phi) is 5.10. The van der Waals surface area contributed by atoms with Gasteiger partial charge in [-0.2, -0.15) is 5.10 Å². The third-order valence-corrected chi connectivity index (χ3v) is 4.56. The van der Waals surface area contributed by atoms with Crippen LogP contribution in [0.3, 0.4) is 0 Å². The van der Waals surface area contributed by atoms with Crippen LogP contribution in [-0.4, -0.2) is 43.1 Å². The van der Waals surface area contributed by atoms with Crippen molar-refractivity contribution in [1.29, 1.82) is 0 Å². The van der Waals surface area contributed by atoms with E-state index in [2.05, 4.69) is 37.0 Å². The summed E-state index contributed by atoms with van der Waals surface area (Å²) in [5.41, 5.74) is 1.03. The minimum absolute atomic E-state index is 0.428. The SMILES string of the molecule is CCCCc1nc(Cl)c(CN2CCCC(c3ncn[nH]3)C2)[nH]1. The number of likely N-dealkylation sites (tertiary alicyclic amines) is 1. The van der Waals surface area contributed by atoms with Crippen LogP contribution in [0.15, 0.2) is 6.33 Å². The molecule has 3 heterocycles. The highest BCUT2D eigenvalue weighted by molar-refractivity contribution is 6.30. The zero-order chi connectivity index (χ0) is 15.4. The summed E-state index contributed by atoms with van der Waals surface area (Å²) in [6.07, 6.45) is 7.18. The maximum atomic E-state index is 6.28. The topological polar surface area (TPSA) is 73.5 Å². The molecule has 120 valence electrons. The molecule has 2 aromatic heterocycles. The van der Waals surface area contributed by atoms with E-state index >= 15 is 0 Å². The standard InChI is InChI=1S/C15H23ClN6/c1-2-3-6-13-19-12(14(16)20-13)9-22-7-4-5-11(8-22)15-17-10-18-21-15/h10-11H,2-9H2,1H3,(H,19,20)(H,17,18,21). The summed E-state index contributed by atoms with van der Waals surface area (Å²) in [6.45, 7) is 5.07. The number of halogens is 1. The lowest BCUT2D eigenvalue weighted by molar-refractivity contribution is 0.195. The highest BCUT2D eigenvalue weighted by atomic mass is 35.5. The fourth-order valence-corrected chi connectivity index (χ4v) is 3.27. The molecule has 0 aromatic carbocycles. The van der Waals surface area contributed by atoms with Gasteiger partial charge in [-0.3, -0.25) is 10.00 Å². The fourth-order valence-electron chi connectivity index (χ4n) is 3.06. The summed E-state index contributed by atoms with van der Waals surface area (Å²) >= 11 is 6.28. The summed E-state index contributed by atoms with van der Waals surface area (Å²) in [7, 11) is 0. The number of imidazole rings is 1. The number of unbranched alkanes of at least 4 members (excludes halogenated alkanes) is 1. The van der Waals surface area contributed by atoms with Crippen molar-refractivity contribution in [3.8, 4) is 0 Å². The third kappa shape index (κ3) is 3.67. The Hall–Kier alpha value is -1.40. The van der Waals surface area contributed by atoms with E-state index in [1.165, 1.54) is 12.8 Å². The Balaban J connectivity index is 1.61. The van der Waals surface area contributed by atoms with Gasteiger partial charge in [-0.05, 0) is 25.8 Å². The molecular weight excluding hydrogens is 300 g/mol. The number of rotatable bonds is 6. The first-order valence-electron chi connectivity index (χ1n) is 8.07. The van der Waals surface area contributed by atoms with Gasteiger partial charge in [-0.15, -0.1) is 0 Å². The molecule has 0 saturated carbocycles. The highest BCUT2D eigenvalue weighted by Gasteiger charge is 2.24. The molecule has 7 heteroatoms. The molecule has 0 aliphatic carbocycles. The van der Waals surface area contributed by atoms with Crippen LogP contribution < -0.4 is 0 Å². The molecule has 6 nitrogen and oxygen atoms in total. The lowest BCUT2D eigenvalue weighted by atomic mass is 9.97. The lowest BCUT2D eigenvalue weighted by Gasteiger charge is -2.31. The molecular formula is C15H23ClN6. The number of piperidine rings is 1. The molecule has 1 saturated heterocycles. The molecule has 1 aliphatic rings. The van der Waals surface area contributed by atoms with Gasteiger partial charge in [0.25, 0.3) is 0 Å². The van der Waals surface area contributed by atoms with Crippen molar-refractivity contribution in [2.45, 2.75) is 51.5 Å². The van der Waals surface area contributed by atoms with Gasteiger partial charge in [-0.1, -0.05) is 24.9 Å². The van der Waals surface area contributed by atoms with Crippen molar-refractivity contribution in [2.24, 2.45) is 0 Å². The Labute approximate surface area is 135 Å². The molecule has 1 fully saturated rings. The molecule has 22 heavy (non-hydrogen) atoms. The first-order valence-corrected chi connectivity index (χ1v) is 8.45. The maximum absolute atomic E-state index is 6.28. The van der Waals surface area contributed by atoms with Crippen LogP contribution in [0, 0.1) is 0 Å². The van der Waals surface area contributed by atoms with E-state index in [1.54, 1.807) is 6.33 Å². The molecule has 3 rings (SSSR count). The number of H-pyrrole nitrogens is 2. The van der Waals surface area contributed by atoms with E-state index in [0.717, 1.165) is 56.2 Å². The van der Waals surface area contributed by atoms with Gasteiger partial charge in [0, 0.05) is 25.4 Å². The normalized spacial score (nSPS) is 19.6. The number of nitrogens with one attached hydrogen (secondary N) is 2. The number of aryl methyl sites for hydroxylation is 1. The second-order valence-electron chi connectivity index (χ2n) is 6.00. The van der Waals surface area contributed by atoms with E-state index in [1.807, 2.05) is 0 Å². The van der Waals surface area contributed by atoms with Crippen molar-refractivity contribution in [3.63, 3.8) is 0 Å². The molecule has 1 aliphatic heterocycles. The first-order chi connectivity index (χ1) is 10.8. The van der Waals surface area contributed by atoms with Crippen LogP contribution >= 0.6 is 11.6 Å². The average Bonchev–Trinajstić information content (AvgIpc) is 3.16. The molecule has 0 bridgehead atoms. The molecule has 1 atom stereocenters. The zero-order valence-electron chi connectivity index (χ0n) is 13.0. The maximum Gasteiger partial charge on any atom is 0.151 e. The molecule has 2 N–H and O–H groups in total. The van der Waals surface area contributed by atoms with Crippen LogP contribution in [0.1, 0.15) is 55.9 Å². The van der Waals surface area contributed by atoms with E-state index in [-0.39, 0.29) is 0 Å².